The minimum Gasteiger partial charge on any atom is -0.272 e. The summed E-state index contributed by atoms with van der Waals surface area (Å²) in [7, 11) is 0.810. The molecule has 0 aromatic rings. The normalized spacial score (nSPS) is 19.2. The second-order valence-corrected chi connectivity index (χ2v) is 5.09. The number of hydrogen-bond donors (Lipinski definition) is 0. The smallest absolute Gasteiger partial charge is 0.0246 e. The van der Waals surface area contributed by atoms with Crippen LogP contribution in [0, 0.1) is 0 Å². The van der Waals surface area contributed by atoms with Crippen LogP contribution in [0.2, 0.25) is 0 Å². The van der Waals surface area contributed by atoms with Crippen molar-refractivity contribution in [2.45, 2.75) is 19.3 Å². The molecule has 0 spiro atoms. The Balaban J connectivity index is 2.28. The maximum atomic E-state index is 3.79. The molecule has 0 N–H and O–H groups in total. The highest BCUT2D eigenvalue weighted by Crippen LogP contribution is 2.27. The van der Waals surface area contributed by atoms with E-state index in [-0.39, 0.29) is 0 Å². The van der Waals surface area contributed by atoms with Gasteiger partial charge in [-0.3, -0.25) is 9.34 Å². The van der Waals surface area contributed by atoms with E-state index in [0.717, 1.165) is 22.0 Å². The average Bonchev–Trinajstić information content (AvgIpc) is 2.20. The summed E-state index contributed by atoms with van der Waals surface area (Å²) in [4.78, 5) is 0. The van der Waals surface area contributed by atoms with Gasteiger partial charge in [0.15, 0.2) is 0 Å². The lowest BCUT2D eigenvalue weighted by molar-refractivity contribution is 0.356. The standard InChI is InChI=1S/C11H21N2P/c1-3-8-12(9-4-2)14-13-10-6-5-7-11-13/h3-4,14H,1-2,5-11H2. The van der Waals surface area contributed by atoms with Crippen molar-refractivity contribution >= 4 is 8.88 Å². The van der Waals surface area contributed by atoms with E-state index < -0.39 is 0 Å². The molecule has 1 unspecified atom stereocenters. The van der Waals surface area contributed by atoms with Crippen molar-refractivity contribution in [1.29, 1.82) is 0 Å². The quantitative estimate of drug-likeness (QED) is 0.493. The summed E-state index contributed by atoms with van der Waals surface area (Å²) >= 11 is 0. The van der Waals surface area contributed by atoms with Gasteiger partial charge >= 0.3 is 0 Å². The second-order valence-electron chi connectivity index (χ2n) is 3.63. The van der Waals surface area contributed by atoms with Gasteiger partial charge in [0.1, 0.15) is 0 Å². The van der Waals surface area contributed by atoms with Crippen LogP contribution in [0.15, 0.2) is 25.3 Å². The maximum absolute atomic E-state index is 3.79. The molecule has 1 aliphatic heterocycles. The molecule has 3 heteroatoms. The summed E-state index contributed by atoms with van der Waals surface area (Å²) in [5, 5.41) is 0. The molecule has 1 aliphatic rings. The fraction of sp³-hybridized carbons (Fsp3) is 0.636. The summed E-state index contributed by atoms with van der Waals surface area (Å²) in [6, 6.07) is 0. The van der Waals surface area contributed by atoms with Gasteiger partial charge in [0, 0.05) is 35.1 Å². The third kappa shape index (κ3) is 4.36. The molecule has 2 nitrogen and oxygen atoms in total. The van der Waals surface area contributed by atoms with E-state index in [1.165, 1.54) is 32.4 Å². The lowest BCUT2D eigenvalue weighted by Crippen LogP contribution is -2.27. The Morgan fingerprint density at radius 1 is 1.07 bits per heavy atom. The van der Waals surface area contributed by atoms with E-state index in [2.05, 4.69) is 22.5 Å². The molecular formula is C11H21N2P. The lowest BCUT2D eigenvalue weighted by Gasteiger charge is -2.31. The van der Waals surface area contributed by atoms with E-state index in [4.69, 9.17) is 0 Å². The largest absolute Gasteiger partial charge is 0.272 e. The molecular weight excluding hydrogens is 191 g/mol. The fourth-order valence-electron chi connectivity index (χ4n) is 1.66. The molecule has 0 bridgehead atoms. The molecule has 1 rings (SSSR count). The fourth-order valence-corrected chi connectivity index (χ4v) is 3.00. The minimum absolute atomic E-state index is 0.810. The van der Waals surface area contributed by atoms with Gasteiger partial charge in [0.2, 0.25) is 0 Å². The summed E-state index contributed by atoms with van der Waals surface area (Å²) in [5.74, 6) is 0. The predicted molar refractivity (Wildman–Crippen MR) is 65.7 cm³/mol. The first-order chi connectivity index (χ1) is 6.86. The Morgan fingerprint density at radius 2 is 1.64 bits per heavy atom. The first-order valence-electron chi connectivity index (χ1n) is 5.35. The third-order valence-corrected chi connectivity index (χ3v) is 3.72. The molecule has 80 valence electrons. The average molecular weight is 212 g/mol. The van der Waals surface area contributed by atoms with Crippen LogP contribution in [-0.4, -0.2) is 35.5 Å². The van der Waals surface area contributed by atoms with Crippen LogP contribution >= 0.6 is 8.88 Å². The molecule has 14 heavy (non-hydrogen) atoms. The van der Waals surface area contributed by atoms with Crippen LogP contribution in [0.4, 0.5) is 0 Å². The van der Waals surface area contributed by atoms with E-state index in [1.807, 2.05) is 12.2 Å². The van der Waals surface area contributed by atoms with Crippen molar-refractivity contribution in [3.8, 4) is 0 Å². The molecule has 1 atom stereocenters. The van der Waals surface area contributed by atoms with Gasteiger partial charge in [-0.1, -0.05) is 18.6 Å². The molecule has 1 heterocycles. The molecule has 0 saturated carbocycles. The zero-order chi connectivity index (χ0) is 10.2. The Hall–Kier alpha value is -0.170. The first kappa shape index (κ1) is 11.9. The van der Waals surface area contributed by atoms with Crippen LogP contribution in [0.3, 0.4) is 0 Å². The second kappa shape index (κ2) is 7.17. The van der Waals surface area contributed by atoms with E-state index in [1.54, 1.807) is 0 Å². The number of piperidine rings is 1. The van der Waals surface area contributed by atoms with Crippen molar-refractivity contribution in [2.75, 3.05) is 26.2 Å². The van der Waals surface area contributed by atoms with Gasteiger partial charge in [-0.25, -0.2) is 0 Å². The van der Waals surface area contributed by atoms with Crippen molar-refractivity contribution in [1.82, 2.24) is 9.34 Å². The highest BCUT2D eigenvalue weighted by Gasteiger charge is 2.12. The molecule has 1 saturated heterocycles. The topological polar surface area (TPSA) is 6.48 Å². The maximum Gasteiger partial charge on any atom is 0.0246 e. The van der Waals surface area contributed by atoms with Crippen LogP contribution in [-0.2, 0) is 0 Å². The Bertz CT molecular complexity index is 166. The Labute approximate surface area is 89.6 Å². The van der Waals surface area contributed by atoms with Crippen LogP contribution in [0.5, 0.6) is 0 Å². The van der Waals surface area contributed by atoms with Crippen LogP contribution in [0.1, 0.15) is 19.3 Å². The van der Waals surface area contributed by atoms with Crippen molar-refractivity contribution in [3.63, 3.8) is 0 Å². The Morgan fingerprint density at radius 3 is 2.14 bits per heavy atom. The Kier molecular flexibility index (Phi) is 6.09. The highest BCUT2D eigenvalue weighted by atomic mass is 31.1. The van der Waals surface area contributed by atoms with E-state index >= 15 is 0 Å². The van der Waals surface area contributed by atoms with Crippen molar-refractivity contribution in [3.05, 3.63) is 25.3 Å². The van der Waals surface area contributed by atoms with E-state index in [9.17, 15) is 0 Å². The van der Waals surface area contributed by atoms with Crippen molar-refractivity contribution in [2.24, 2.45) is 0 Å². The van der Waals surface area contributed by atoms with Crippen LogP contribution in [0.25, 0.3) is 0 Å². The van der Waals surface area contributed by atoms with Gasteiger partial charge in [-0.05, 0) is 12.8 Å². The molecule has 0 aromatic heterocycles. The molecule has 0 aliphatic carbocycles. The summed E-state index contributed by atoms with van der Waals surface area (Å²) < 4.78 is 4.95. The van der Waals surface area contributed by atoms with Gasteiger partial charge in [-0.2, -0.15) is 0 Å². The summed E-state index contributed by atoms with van der Waals surface area (Å²) in [6.45, 7) is 12.1. The monoisotopic (exact) mass is 212 g/mol. The summed E-state index contributed by atoms with van der Waals surface area (Å²) in [5.41, 5.74) is 0. The number of rotatable bonds is 6. The van der Waals surface area contributed by atoms with Gasteiger partial charge in [0.25, 0.3) is 0 Å². The highest BCUT2D eigenvalue weighted by molar-refractivity contribution is 7.32. The predicted octanol–water partition coefficient (Wildman–Crippen LogP) is 2.65. The minimum atomic E-state index is 0.810. The number of nitrogens with zero attached hydrogens (tertiary/aromatic N) is 2. The van der Waals surface area contributed by atoms with Gasteiger partial charge in [0.05, 0.1) is 0 Å². The summed E-state index contributed by atoms with van der Waals surface area (Å²) in [6.07, 6.45) is 8.08. The van der Waals surface area contributed by atoms with Crippen molar-refractivity contribution < 1.29 is 0 Å². The number of hydrogen-bond acceptors (Lipinski definition) is 2. The first-order valence-corrected chi connectivity index (χ1v) is 6.24. The molecule has 0 amide bonds. The molecule has 0 aromatic carbocycles. The lowest BCUT2D eigenvalue weighted by atomic mass is 10.2. The molecule has 0 radical (unpaired) electrons. The zero-order valence-corrected chi connectivity index (χ0v) is 9.91. The third-order valence-electron chi connectivity index (χ3n) is 2.34. The zero-order valence-electron chi connectivity index (χ0n) is 8.91. The van der Waals surface area contributed by atoms with Gasteiger partial charge in [-0.15, -0.1) is 13.2 Å². The van der Waals surface area contributed by atoms with Crippen LogP contribution < -0.4 is 0 Å². The SMILES string of the molecule is C=CCN(CC=C)PN1CCCCC1. The molecule has 1 fully saturated rings. The van der Waals surface area contributed by atoms with Gasteiger partial charge < -0.3 is 0 Å². The van der Waals surface area contributed by atoms with E-state index in [0.29, 0.717) is 0 Å².